The standard InChI is InChI=1S/C10H13N5O/c1-2-11-3-5-15(4-1)10-12-7-9-8(14-10)6-13-16-9/h6-7,11H,1-5H2. The SMILES string of the molecule is c1noc2cnc(N3CCCNCC3)nc12. The Morgan fingerprint density at radius 1 is 1.25 bits per heavy atom. The zero-order valence-corrected chi connectivity index (χ0v) is 8.89. The van der Waals surface area contributed by atoms with Crippen molar-refractivity contribution >= 4 is 17.0 Å². The maximum atomic E-state index is 4.98. The first-order chi connectivity index (χ1) is 7.93. The Balaban J connectivity index is 1.91. The van der Waals surface area contributed by atoms with E-state index < -0.39 is 0 Å². The van der Waals surface area contributed by atoms with E-state index in [-0.39, 0.29) is 0 Å². The van der Waals surface area contributed by atoms with Crippen LogP contribution in [0.1, 0.15) is 6.42 Å². The Bertz CT molecular complexity index is 475. The second-order valence-electron chi connectivity index (χ2n) is 3.84. The van der Waals surface area contributed by atoms with Gasteiger partial charge in [-0.05, 0) is 13.0 Å². The number of hydrogen-bond donors (Lipinski definition) is 1. The van der Waals surface area contributed by atoms with Crippen molar-refractivity contribution in [3.8, 4) is 0 Å². The molecule has 16 heavy (non-hydrogen) atoms. The van der Waals surface area contributed by atoms with E-state index >= 15 is 0 Å². The minimum atomic E-state index is 0.636. The topological polar surface area (TPSA) is 67.1 Å². The van der Waals surface area contributed by atoms with E-state index in [0.29, 0.717) is 5.58 Å². The van der Waals surface area contributed by atoms with Gasteiger partial charge in [0.05, 0.1) is 12.4 Å². The van der Waals surface area contributed by atoms with Gasteiger partial charge in [-0.2, -0.15) is 0 Å². The Labute approximate surface area is 92.6 Å². The molecule has 1 saturated heterocycles. The molecule has 0 spiro atoms. The van der Waals surface area contributed by atoms with Gasteiger partial charge in [-0.15, -0.1) is 0 Å². The zero-order valence-electron chi connectivity index (χ0n) is 8.89. The summed E-state index contributed by atoms with van der Waals surface area (Å²) >= 11 is 0. The molecule has 0 unspecified atom stereocenters. The van der Waals surface area contributed by atoms with E-state index in [1.165, 1.54) is 0 Å². The fraction of sp³-hybridized carbons (Fsp3) is 0.500. The molecule has 0 aliphatic carbocycles. The molecule has 0 atom stereocenters. The van der Waals surface area contributed by atoms with Crippen LogP contribution in [0.15, 0.2) is 16.9 Å². The highest BCUT2D eigenvalue weighted by Crippen LogP contribution is 2.14. The normalized spacial score (nSPS) is 17.6. The number of anilines is 1. The quantitative estimate of drug-likeness (QED) is 0.749. The molecule has 1 aliphatic rings. The molecule has 0 aromatic carbocycles. The molecule has 0 bridgehead atoms. The number of rotatable bonds is 1. The molecule has 1 N–H and O–H groups in total. The molecule has 84 valence electrons. The van der Waals surface area contributed by atoms with Crippen LogP contribution in [0.25, 0.3) is 11.1 Å². The summed E-state index contributed by atoms with van der Waals surface area (Å²) in [4.78, 5) is 10.9. The monoisotopic (exact) mass is 219 g/mol. The Morgan fingerprint density at radius 2 is 2.25 bits per heavy atom. The largest absolute Gasteiger partial charge is 0.353 e. The maximum Gasteiger partial charge on any atom is 0.226 e. The van der Waals surface area contributed by atoms with Crippen molar-refractivity contribution in [2.24, 2.45) is 0 Å². The van der Waals surface area contributed by atoms with Crippen molar-refractivity contribution in [2.75, 3.05) is 31.1 Å². The smallest absolute Gasteiger partial charge is 0.226 e. The summed E-state index contributed by atoms with van der Waals surface area (Å²) in [5.41, 5.74) is 1.40. The van der Waals surface area contributed by atoms with Gasteiger partial charge in [0.25, 0.3) is 0 Å². The minimum Gasteiger partial charge on any atom is -0.353 e. The van der Waals surface area contributed by atoms with Crippen LogP contribution in [-0.4, -0.2) is 41.3 Å². The lowest BCUT2D eigenvalue weighted by Crippen LogP contribution is -2.29. The molecule has 1 aliphatic heterocycles. The van der Waals surface area contributed by atoms with Gasteiger partial charge in [0.2, 0.25) is 11.5 Å². The van der Waals surface area contributed by atoms with Gasteiger partial charge in [0.15, 0.2) is 0 Å². The number of nitrogens with zero attached hydrogens (tertiary/aromatic N) is 4. The van der Waals surface area contributed by atoms with Gasteiger partial charge in [-0.3, -0.25) is 0 Å². The van der Waals surface area contributed by atoms with Crippen LogP contribution >= 0.6 is 0 Å². The summed E-state index contributed by atoms with van der Waals surface area (Å²) in [6.07, 6.45) is 4.42. The summed E-state index contributed by atoms with van der Waals surface area (Å²) in [7, 11) is 0. The van der Waals surface area contributed by atoms with Gasteiger partial charge >= 0.3 is 0 Å². The minimum absolute atomic E-state index is 0.636. The lowest BCUT2D eigenvalue weighted by atomic mass is 10.4. The zero-order chi connectivity index (χ0) is 10.8. The average molecular weight is 219 g/mol. The van der Waals surface area contributed by atoms with Crippen molar-refractivity contribution in [3.05, 3.63) is 12.4 Å². The van der Waals surface area contributed by atoms with Gasteiger partial charge in [-0.25, -0.2) is 9.97 Å². The molecule has 0 radical (unpaired) electrons. The van der Waals surface area contributed by atoms with Crippen molar-refractivity contribution in [1.82, 2.24) is 20.4 Å². The summed E-state index contributed by atoms with van der Waals surface area (Å²) in [5, 5.41) is 7.05. The number of hydrogen-bond acceptors (Lipinski definition) is 6. The van der Waals surface area contributed by atoms with Gasteiger partial charge in [-0.1, -0.05) is 5.16 Å². The summed E-state index contributed by atoms with van der Waals surface area (Å²) < 4.78 is 4.98. The number of aromatic nitrogens is 3. The molecule has 1 fully saturated rings. The van der Waals surface area contributed by atoms with Crippen LogP contribution in [0.2, 0.25) is 0 Å². The molecular formula is C10H13N5O. The van der Waals surface area contributed by atoms with Gasteiger partial charge in [0.1, 0.15) is 5.52 Å². The van der Waals surface area contributed by atoms with Crippen LogP contribution in [0.3, 0.4) is 0 Å². The molecule has 6 heteroatoms. The molecule has 2 aromatic heterocycles. The van der Waals surface area contributed by atoms with Crippen LogP contribution in [0.5, 0.6) is 0 Å². The van der Waals surface area contributed by atoms with Crippen molar-refractivity contribution < 1.29 is 4.52 Å². The van der Waals surface area contributed by atoms with Crippen molar-refractivity contribution in [3.63, 3.8) is 0 Å². The van der Waals surface area contributed by atoms with E-state index in [0.717, 1.165) is 44.1 Å². The molecule has 0 amide bonds. The van der Waals surface area contributed by atoms with Crippen LogP contribution in [0.4, 0.5) is 5.95 Å². The highest BCUT2D eigenvalue weighted by Gasteiger charge is 2.13. The first kappa shape index (κ1) is 9.53. The van der Waals surface area contributed by atoms with E-state index in [4.69, 9.17) is 4.52 Å². The summed E-state index contributed by atoms with van der Waals surface area (Å²) in [5.74, 6) is 0.763. The predicted octanol–water partition coefficient (Wildman–Crippen LogP) is 0.418. The third kappa shape index (κ3) is 1.71. The van der Waals surface area contributed by atoms with Gasteiger partial charge < -0.3 is 14.7 Å². The van der Waals surface area contributed by atoms with E-state index in [1.807, 2.05) is 0 Å². The third-order valence-corrected chi connectivity index (χ3v) is 2.72. The molecule has 3 rings (SSSR count). The Kier molecular flexibility index (Phi) is 2.41. The average Bonchev–Trinajstić information content (AvgIpc) is 2.61. The van der Waals surface area contributed by atoms with Crippen LogP contribution in [-0.2, 0) is 0 Å². The van der Waals surface area contributed by atoms with Crippen LogP contribution < -0.4 is 10.2 Å². The summed E-state index contributed by atoms with van der Waals surface area (Å²) in [6, 6.07) is 0. The molecule has 0 saturated carbocycles. The number of nitrogens with one attached hydrogen (secondary N) is 1. The predicted molar refractivity (Wildman–Crippen MR) is 59.3 cm³/mol. The lowest BCUT2D eigenvalue weighted by molar-refractivity contribution is 0.455. The first-order valence-electron chi connectivity index (χ1n) is 5.46. The molecular weight excluding hydrogens is 206 g/mol. The van der Waals surface area contributed by atoms with E-state index in [1.54, 1.807) is 12.4 Å². The lowest BCUT2D eigenvalue weighted by Gasteiger charge is -2.18. The number of fused-ring (bicyclic) bond motifs is 1. The maximum absolute atomic E-state index is 4.98. The third-order valence-electron chi connectivity index (χ3n) is 2.72. The summed E-state index contributed by atoms with van der Waals surface area (Å²) in [6.45, 7) is 3.97. The highest BCUT2D eigenvalue weighted by molar-refractivity contribution is 5.71. The van der Waals surface area contributed by atoms with Gasteiger partial charge in [0, 0.05) is 19.6 Å². The Morgan fingerprint density at radius 3 is 3.25 bits per heavy atom. The highest BCUT2D eigenvalue weighted by atomic mass is 16.5. The van der Waals surface area contributed by atoms with E-state index in [9.17, 15) is 0 Å². The van der Waals surface area contributed by atoms with Crippen molar-refractivity contribution in [2.45, 2.75) is 6.42 Å². The van der Waals surface area contributed by atoms with E-state index in [2.05, 4.69) is 25.3 Å². The molecule has 3 heterocycles. The Hall–Kier alpha value is -1.69. The van der Waals surface area contributed by atoms with Crippen LogP contribution in [0, 0.1) is 0 Å². The molecule has 6 nitrogen and oxygen atoms in total. The second-order valence-corrected chi connectivity index (χ2v) is 3.84. The second kappa shape index (κ2) is 4.05. The van der Waals surface area contributed by atoms with Crippen molar-refractivity contribution in [1.29, 1.82) is 0 Å². The fourth-order valence-corrected chi connectivity index (χ4v) is 1.87. The fourth-order valence-electron chi connectivity index (χ4n) is 1.87. The first-order valence-corrected chi connectivity index (χ1v) is 5.46. The molecule has 2 aromatic rings.